The van der Waals surface area contributed by atoms with Crippen molar-refractivity contribution in [1.82, 2.24) is 9.88 Å². The van der Waals surface area contributed by atoms with Crippen LogP contribution in [0.2, 0.25) is 5.02 Å². The molecule has 8 heteroatoms. The van der Waals surface area contributed by atoms with Gasteiger partial charge in [0.15, 0.2) is 0 Å². The van der Waals surface area contributed by atoms with Crippen LogP contribution in [-0.4, -0.2) is 32.6 Å². The fourth-order valence-electron chi connectivity index (χ4n) is 4.05. The molecule has 0 aliphatic carbocycles. The predicted octanol–water partition coefficient (Wildman–Crippen LogP) is 6.80. The number of aliphatic hydroxyl groups excluding tert-OH is 2. The molecule has 4 aromatic rings. The topological polar surface area (TPSA) is 75.1 Å². The molecule has 198 valence electrons. The minimum Gasteiger partial charge on any atom is -0.488 e. The van der Waals surface area contributed by atoms with E-state index < -0.39 is 12.5 Å². The monoisotopic (exact) mass is 596 g/mol. The zero-order valence-corrected chi connectivity index (χ0v) is 23.6. The molecule has 0 aliphatic rings. The van der Waals surface area contributed by atoms with Crippen molar-refractivity contribution >= 4 is 27.5 Å². The zero-order valence-electron chi connectivity index (χ0n) is 21.2. The van der Waals surface area contributed by atoms with E-state index in [1.54, 1.807) is 38.4 Å². The standard InChI is InChI=1S/C30H30BrClN2O4/c1-20(35)34(21(2)36)17-25-14-27(32)29(15-28(25)37-18-22-8-7-13-33-16-22)38-19-24-11-6-12-26(30(24)31)23-9-4-3-5-10-23/h3-16,20-21,35-36H,17-19H2,1-2H3. The fraction of sp³-hybridized carbons (Fsp3) is 0.233. The summed E-state index contributed by atoms with van der Waals surface area (Å²) in [6, 6.07) is 23.5. The van der Waals surface area contributed by atoms with Gasteiger partial charge >= 0.3 is 0 Å². The maximum atomic E-state index is 10.2. The van der Waals surface area contributed by atoms with Crippen molar-refractivity contribution in [2.45, 2.75) is 46.1 Å². The maximum absolute atomic E-state index is 10.2. The summed E-state index contributed by atoms with van der Waals surface area (Å²) in [6.07, 6.45) is 1.70. The van der Waals surface area contributed by atoms with Gasteiger partial charge in [0.2, 0.25) is 0 Å². The molecule has 6 nitrogen and oxygen atoms in total. The van der Waals surface area contributed by atoms with Crippen molar-refractivity contribution in [2.24, 2.45) is 0 Å². The van der Waals surface area contributed by atoms with Crippen molar-refractivity contribution in [2.75, 3.05) is 0 Å². The molecule has 2 N–H and O–H groups in total. The molecule has 4 rings (SSSR count). The summed E-state index contributed by atoms with van der Waals surface area (Å²) >= 11 is 10.4. The van der Waals surface area contributed by atoms with E-state index in [1.165, 1.54) is 4.90 Å². The molecule has 0 saturated carbocycles. The van der Waals surface area contributed by atoms with Gasteiger partial charge < -0.3 is 19.7 Å². The second-order valence-corrected chi connectivity index (χ2v) is 10.1. The number of nitrogens with zero attached hydrogens (tertiary/aromatic N) is 2. The molecule has 1 aromatic heterocycles. The Labute approximate surface area is 236 Å². The fourth-order valence-corrected chi connectivity index (χ4v) is 4.90. The normalized spacial score (nSPS) is 12.8. The molecule has 0 fully saturated rings. The highest BCUT2D eigenvalue weighted by Gasteiger charge is 2.21. The van der Waals surface area contributed by atoms with Gasteiger partial charge in [-0.15, -0.1) is 0 Å². The number of hydrogen-bond acceptors (Lipinski definition) is 6. The van der Waals surface area contributed by atoms with Crippen LogP contribution in [0.4, 0.5) is 0 Å². The van der Waals surface area contributed by atoms with Gasteiger partial charge in [0.05, 0.1) is 5.02 Å². The van der Waals surface area contributed by atoms with Gasteiger partial charge in [-0.25, -0.2) is 4.90 Å². The Kier molecular flexibility index (Phi) is 9.77. The average molecular weight is 598 g/mol. The van der Waals surface area contributed by atoms with Crippen LogP contribution in [0.1, 0.15) is 30.5 Å². The lowest BCUT2D eigenvalue weighted by molar-refractivity contribution is -0.0900. The minimum atomic E-state index is -0.870. The lowest BCUT2D eigenvalue weighted by Crippen LogP contribution is -2.39. The van der Waals surface area contributed by atoms with Gasteiger partial charge in [-0.05, 0) is 53.0 Å². The molecule has 2 unspecified atom stereocenters. The Bertz CT molecular complexity index is 1330. The Balaban J connectivity index is 1.60. The van der Waals surface area contributed by atoms with E-state index in [1.807, 2.05) is 42.5 Å². The van der Waals surface area contributed by atoms with Crippen molar-refractivity contribution < 1.29 is 19.7 Å². The zero-order chi connectivity index (χ0) is 27.1. The second kappa shape index (κ2) is 13.2. The predicted molar refractivity (Wildman–Crippen MR) is 153 cm³/mol. The smallest absolute Gasteiger partial charge is 0.142 e. The molecule has 2 atom stereocenters. The highest BCUT2D eigenvalue weighted by molar-refractivity contribution is 9.10. The number of pyridine rings is 1. The SMILES string of the molecule is CC(O)N(Cc1cc(Cl)c(OCc2cccc(-c3ccccc3)c2Br)cc1OCc1cccnc1)C(C)O. The third-order valence-electron chi connectivity index (χ3n) is 6.09. The third-order valence-corrected chi connectivity index (χ3v) is 7.32. The van der Waals surface area contributed by atoms with Gasteiger partial charge in [0.25, 0.3) is 0 Å². The molecule has 0 aliphatic heterocycles. The van der Waals surface area contributed by atoms with E-state index >= 15 is 0 Å². The second-order valence-electron chi connectivity index (χ2n) is 8.91. The molecule has 0 saturated heterocycles. The first-order valence-corrected chi connectivity index (χ1v) is 13.4. The summed E-state index contributed by atoms with van der Waals surface area (Å²) < 4.78 is 13.3. The molecular formula is C30H30BrClN2O4. The summed E-state index contributed by atoms with van der Waals surface area (Å²) in [5.74, 6) is 1.01. The summed E-state index contributed by atoms with van der Waals surface area (Å²) in [5, 5.41) is 20.7. The Morgan fingerprint density at radius 3 is 2.29 bits per heavy atom. The van der Waals surface area contributed by atoms with Crippen LogP contribution >= 0.6 is 27.5 Å². The first-order valence-electron chi connectivity index (χ1n) is 12.2. The Hall–Kier alpha value is -2.94. The van der Waals surface area contributed by atoms with E-state index in [4.69, 9.17) is 21.1 Å². The first kappa shape index (κ1) is 28.1. The molecular weight excluding hydrogens is 568 g/mol. The van der Waals surface area contributed by atoms with Crippen molar-refractivity contribution in [3.63, 3.8) is 0 Å². The third kappa shape index (κ3) is 7.12. The van der Waals surface area contributed by atoms with Crippen LogP contribution in [-0.2, 0) is 19.8 Å². The van der Waals surface area contributed by atoms with E-state index in [2.05, 4.69) is 39.1 Å². The van der Waals surface area contributed by atoms with Crippen LogP contribution in [0.25, 0.3) is 11.1 Å². The molecule has 1 heterocycles. The van der Waals surface area contributed by atoms with Crippen LogP contribution < -0.4 is 9.47 Å². The van der Waals surface area contributed by atoms with E-state index in [0.717, 1.165) is 26.7 Å². The van der Waals surface area contributed by atoms with Crippen LogP contribution in [0.5, 0.6) is 11.5 Å². The number of ether oxygens (including phenoxy) is 2. The minimum absolute atomic E-state index is 0.225. The Morgan fingerprint density at radius 1 is 0.868 bits per heavy atom. The largest absolute Gasteiger partial charge is 0.488 e. The van der Waals surface area contributed by atoms with Gasteiger partial charge in [-0.2, -0.15) is 0 Å². The summed E-state index contributed by atoms with van der Waals surface area (Å²) in [4.78, 5) is 5.66. The lowest BCUT2D eigenvalue weighted by Gasteiger charge is -2.29. The quantitative estimate of drug-likeness (QED) is 0.185. The van der Waals surface area contributed by atoms with Crippen LogP contribution in [0.15, 0.2) is 89.7 Å². The van der Waals surface area contributed by atoms with Crippen molar-refractivity contribution in [3.8, 4) is 22.6 Å². The Morgan fingerprint density at radius 2 is 1.61 bits per heavy atom. The maximum Gasteiger partial charge on any atom is 0.142 e. The molecule has 3 aromatic carbocycles. The highest BCUT2D eigenvalue weighted by atomic mass is 79.9. The molecule has 0 bridgehead atoms. The van der Waals surface area contributed by atoms with Gasteiger partial charge in [-0.3, -0.25) is 4.98 Å². The number of aromatic nitrogens is 1. The molecule has 0 amide bonds. The van der Waals surface area contributed by atoms with Crippen LogP contribution in [0.3, 0.4) is 0 Å². The van der Waals surface area contributed by atoms with Gasteiger partial charge in [0, 0.05) is 46.2 Å². The van der Waals surface area contributed by atoms with Crippen LogP contribution in [0, 0.1) is 0 Å². The lowest BCUT2D eigenvalue weighted by atomic mass is 10.0. The van der Waals surface area contributed by atoms with Crippen molar-refractivity contribution in [1.29, 1.82) is 0 Å². The van der Waals surface area contributed by atoms with E-state index in [-0.39, 0.29) is 19.8 Å². The molecule has 38 heavy (non-hydrogen) atoms. The van der Waals surface area contributed by atoms with E-state index in [0.29, 0.717) is 22.1 Å². The first-order chi connectivity index (χ1) is 18.3. The summed E-state index contributed by atoms with van der Waals surface area (Å²) in [6.45, 7) is 4.00. The van der Waals surface area contributed by atoms with E-state index in [9.17, 15) is 10.2 Å². The average Bonchev–Trinajstić information content (AvgIpc) is 2.91. The number of aliphatic hydroxyl groups is 2. The molecule has 0 radical (unpaired) electrons. The number of benzene rings is 3. The van der Waals surface area contributed by atoms with Gasteiger partial charge in [0.1, 0.15) is 37.2 Å². The number of hydrogen-bond donors (Lipinski definition) is 2. The number of halogens is 2. The summed E-state index contributed by atoms with van der Waals surface area (Å²) in [5.41, 5.74) is 4.76. The van der Waals surface area contributed by atoms with Crippen molar-refractivity contribution in [3.05, 3.63) is 111 Å². The highest BCUT2D eigenvalue weighted by Crippen LogP contribution is 2.36. The van der Waals surface area contributed by atoms with Gasteiger partial charge in [-0.1, -0.05) is 66.2 Å². The summed E-state index contributed by atoms with van der Waals surface area (Å²) in [7, 11) is 0. The molecule has 0 spiro atoms. The number of rotatable bonds is 11.